The van der Waals surface area contributed by atoms with Crippen LogP contribution in [0.1, 0.15) is 31.1 Å². The second-order valence-electron chi connectivity index (χ2n) is 6.17. The number of amides is 1. The molecular formula is C16H24N2OS. The second kappa shape index (κ2) is 6.19. The minimum absolute atomic E-state index is 0.00639. The summed E-state index contributed by atoms with van der Waals surface area (Å²) < 4.78 is 0. The van der Waals surface area contributed by atoms with Crippen molar-refractivity contribution in [3.05, 3.63) is 35.9 Å². The molecule has 0 aliphatic carbocycles. The van der Waals surface area contributed by atoms with Gasteiger partial charge < -0.3 is 10.6 Å². The Morgan fingerprint density at radius 3 is 2.60 bits per heavy atom. The normalized spacial score (nSPS) is 23.4. The molecule has 1 aliphatic rings. The summed E-state index contributed by atoms with van der Waals surface area (Å²) in [5, 5.41) is -0.110. The van der Waals surface area contributed by atoms with E-state index in [0.29, 0.717) is 0 Å². The highest BCUT2D eigenvalue weighted by Gasteiger charge is 2.37. The molecule has 1 aliphatic heterocycles. The van der Waals surface area contributed by atoms with Crippen molar-refractivity contribution in [1.82, 2.24) is 4.90 Å². The molecule has 2 unspecified atom stereocenters. The third-order valence-electron chi connectivity index (χ3n) is 4.19. The van der Waals surface area contributed by atoms with Crippen LogP contribution in [0.4, 0.5) is 0 Å². The van der Waals surface area contributed by atoms with Gasteiger partial charge >= 0.3 is 0 Å². The molecule has 1 aromatic carbocycles. The van der Waals surface area contributed by atoms with Gasteiger partial charge in [-0.1, -0.05) is 44.2 Å². The van der Waals surface area contributed by atoms with E-state index >= 15 is 0 Å². The number of carbonyl (C=O) groups excluding carboxylic acids is 1. The molecule has 2 N–H and O–H groups in total. The number of piperidine rings is 1. The molecule has 110 valence electrons. The third kappa shape index (κ3) is 3.18. The number of nitrogens with two attached hydrogens (primary N) is 1. The quantitative estimate of drug-likeness (QED) is 0.931. The first-order chi connectivity index (χ1) is 9.45. The van der Waals surface area contributed by atoms with Crippen molar-refractivity contribution >= 4 is 17.7 Å². The number of carbonyl (C=O) groups is 1. The highest BCUT2D eigenvalue weighted by molar-refractivity contribution is 7.99. The van der Waals surface area contributed by atoms with E-state index in [-0.39, 0.29) is 22.6 Å². The van der Waals surface area contributed by atoms with Crippen LogP contribution in [0, 0.1) is 5.41 Å². The summed E-state index contributed by atoms with van der Waals surface area (Å²) in [4.78, 5) is 14.8. The summed E-state index contributed by atoms with van der Waals surface area (Å²) in [5.41, 5.74) is 7.23. The molecule has 0 aromatic heterocycles. The van der Waals surface area contributed by atoms with Crippen molar-refractivity contribution in [1.29, 1.82) is 0 Å². The fraction of sp³-hybridized carbons (Fsp3) is 0.562. The van der Waals surface area contributed by atoms with Gasteiger partial charge in [0, 0.05) is 19.1 Å². The van der Waals surface area contributed by atoms with E-state index in [1.807, 2.05) is 41.5 Å². The van der Waals surface area contributed by atoms with E-state index in [9.17, 15) is 4.79 Å². The summed E-state index contributed by atoms with van der Waals surface area (Å²) in [6.07, 6.45) is 2.88. The van der Waals surface area contributed by atoms with Crippen LogP contribution < -0.4 is 5.73 Å². The molecule has 0 radical (unpaired) electrons. The van der Waals surface area contributed by atoms with Crippen LogP contribution in [0.5, 0.6) is 0 Å². The van der Waals surface area contributed by atoms with Gasteiger partial charge in [-0.3, -0.25) is 4.79 Å². The Labute approximate surface area is 125 Å². The fourth-order valence-corrected chi connectivity index (χ4v) is 3.52. The molecule has 1 aromatic rings. The maximum Gasteiger partial charge on any atom is 0.240 e. The average molecular weight is 292 g/mol. The van der Waals surface area contributed by atoms with Crippen LogP contribution in [0.25, 0.3) is 0 Å². The lowest BCUT2D eigenvalue weighted by atomic mass is 9.79. The summed E-state index contributed by atoms with van der Waals surface area (Å²) in [6.45, 7) is 5.81. The monoisotopic (exact) mass is 292 g/mol. The molecule has 1 saturated heterocycles. The number of hydrogen-bond donors (Lipinski definition) is 1. The molecule has 1 heterocycles. The van der Waals surface area contributed by atoms with Gasteiger partial charge in [0.15, 0.2) is 0 Å². The first-order valence-corrected chi connectivity index (χ1v) is 8.36. The molecular weight excluding hydrogens is 268 g/mol. The van der Waals surface area contributed by atoms with Crippen LogP contribution >= 0.6 is 11.8 Å². The van der Waals surface area contributed by atoms with Gasteiger partial charge in [0.1, 0.15) is 5.25 Å². The Morgan fingerprint density at radius 2 is 2.05 bits per heavy atom. The first kappa shape index (κ1) is 15.4. The van der Waals surface area contributed by atoms with Crippen LogP contribution in [-0.4, -0.2) is 36.2 Å². The lowest BCUT2D eigenvalue weighted by Gasteiger charge is -2.43. The van der Waals surface area contributed by atoms with Crippen molar-refractivity contribution in [2.24, 2.45) is 11.1 Å². The van der Waals surface area contributed by atoms with Gasteiger partial charge in [-0.25, -0.2) is 0 Å². The summed E-state index contributed by atoms with van der Waals surface area (Å²) in [5.74, 6) is 0.212. The fourth-order valence-electron chi connectivity index (χ4n) is 2.74. The van der Waals surface area contributed by atoms with E-state index in [2.05, 4.69) is 13.8 Å². The molecule has 1 amide bonds. The molecule has 1 fully saturated rings. The number of nitrogens with zero attached hydrogens (tertiary/aromatic N) is 1. The van der Waals surface area contributed by atoms with E-state index in [1.54, 1.807) is 11.8 Å². The van der Waals surface area contributed by atoms with Gasteiger partial charge in [-0.2, -0.15) is 0 Å². The third-order valence-corrected chi connectivity index (χ3v) is 5.13. The van der Waals surface area contributed by atoms with Crippen molar-refractivity contribution in [3.8, 4) is 0 Å². The smallest absolute Gasteiger partial charge is 0.240 e. The number of likely N-dealkylation sites (tertiary alicyclic amines) is 1. The SMILES string of the molecule is CSC(C(=O)N1CCC(N)C(C)(C)C1)c1ccccc1. The summed E-state index contributed by atoms with van der Waals surface area (Å²) in [7, 11) is 0. The lowest BCUT2D eigenvalue weighted by Crippen LogP contribution is -2.54. The number of hydrogen-bond acceptors (Lipinski definition) is 3. The van der Waals surface area contributed by atoms with Crippen LogP contribution in [-0.2, 0) is 4.79 Å². The van der Waals surface area contributed by atoms with E-state index in [0.717, 1.165) is 25.1 Å². The van der Waals surface area contributed by atoms with Crippen molar-refractivity contribution in [2.75, 3.05) is 19.3 Å². The van der Waals surface area contributed by atoms with Gasteiger partial charge in [-0.15, -0.1) is 11.8 Å². The largest absolute Gasteiger partial charge is 0.341 e. The highest BCUT2D eigenvalue weighted by Crippen LogP contribution is 2.33. The second-order valence-corrected chi connectivity index (χ2v) is 7.11. The Bertz CT molecular complexity index is 461. The first-order valence-electron chi connectivity index (χ1n) is 7.08. The number of benzene rings is 1. The molecule has 0 spiro atoms. The Kier molecular flexibility index (Phi) is 4.76. The van der Waals surface area contributed by atoms with Crippen molar-refractivity contribution < 1.29 is 4.79 Å². The van der Waals surface area contributed by atoms with Crippen LogP contribution in [0.2, 0.25) is 0 Å². The zero-order valence-electron chi connectivity index (χ0n) is 12.5. The van der Waals surface area contributed by atoms with Gasteiger partial charge in [0.05, 0.1) is 0 Å². The van der Waals surface area contributed by atoms with E-state index < -0.39 is 0 Å². The predicted molar refractivity (Wildman–Crippen MR) is 85.7 cm³/mol. The van der Waals surface area contributed by atoms with E-state index in [4.69, 9.17) is 5.73 Å². The minimum Gasteiger partial charge on any atom is -0.341 e. The topological polar surface area (TPSA) is 46.3 Å². The number of rotatable bonds is 3. The van der Waals surface area contributed by atoms with Crippen molar-refractivity contribution in [3.63, 3.8) is 0 Å². The minimum atomic E-state index is -0.110. The Morgan fingerprint density at radius 1 is 1.40 bits per heavy atom. The molecule has 4 heteroatoms. The maximum atomic E-state index is 12.8. The summed E-state index contributed by atoms with van der Waals surface area (Å²) >= 11 is 1.60. The zero-order valence-corrected chi connectivity index (χ0v) is 13.3. The molecule has 2 rings (SSSR count). The predicted octanol–water partition coefficient (Wildman–Crippen LogP) is 2.68. The molecule has 20 heavy (non-hydrogen) atoms. The van der Waals surface area contributed by atoms with Gasteiger partial charge in [0.2, 0.25) is 5.91 Å². The molecule has 0 saturated carbocycles. The molecule has 3 nitrogen and oxygen atoms in total. The number of thioether (sulfide) groups is 1. The molecule has 2 atom stereocenters. The van der Waals surface area contributed by atoms with Crippen molar-refractivity contribution in [2.45, 2.75) is 31.6 Å². The maximum absolute atomic E-state index is 12.8. The van der Waals surface area contributed by atoms with Crippen LogP contribution in [0.3, 0.4) is 0 Å². The summed E-state index contributed by atoms with van der Waals surface area (Å²) in [6, 6.07) is 10.2. The Balaban J connectivity index is 2.14. The van der Waals surface area contributed by atoms with Crippen LogP contribution in [0.15, 0.2) is 30.3 Å². The van der Waals surface area contributed by atoms with Gasteiger partial charge in [0.25, 0.3) is 0 Å². The lowest BCUT2D eigenvalue weighted by molar-refractivity contribution is -0.134. The van der Waals surface area contributed by atoms with Gasteiger partial charge in [-0.05, 0) is 23.7 Å². The van der Waals surface area contributed by atoms with E-state index in [1.165, 1.54) is 0 Å². The molecule has 0 bridgehead atoms. The standard InChI is InChI=1S/C16H24N2OS/c1-16(2)11-18(10-9-13(16)17)15(19)14(20-3)12-7-5-4-6-8-12/h4-8,13-14H,9-11,17H2,1-3H3. The average Bonchev–Trinajstić information content (AvgIpc) is 2.43. The highest BCUT2D eigenvalue weighted by atomic mass is 32.2. The zero-order chi connectivity index (χ0) is 14.8. The Hall–Kier alpha value is -1.00.